The average Bonchev–Trinajstić information content (AvgIpc) is 3.01. The van der Waals surface area contributed by atoms with Gasteiger partial charge in [0.1, 0.15) is 6.04 Å². The molecule has 0 heterocycles. The van der Waals surface area contributed by atoms with Crippen molar-refractivity contribution < 1.29 is 24.3 Å². The number of carbonyl (C=O) groups is 4. The molecule has 254 valence electrons. The average molecular weight is 629 g/mol. The van der Waals surface area contributed by atoms with Gasteiger partial charge in [-0.1, -0.05) is 109 Å². The van der Waals surface area contributed by atoms with Gasteiger partial charge in [0.05, 0.1) is 12.1 Å². The van der Waals surface area contributed by atoms with Crippen molar-refractivity contribution in [1.29, 1.82) is 0 Å². The Bertz CT molecular complexity index is 1030. The quantitative estimate of drug-likeness (QED) is 0.132. The van der Waals surface area contributed by atoms with Gasteiger partial charge < -0.3 is 21.1 Å². The number of rotatable bonds is 20. The van der Waals surface area contributed by atoms with Crippen LogP contribution in [0.25, 0.3) is 0 Å². The van der Waals surface area contributed by atoms with Gasteiger partial charge in [-0.3, -0.25) is 24.5 Å². The first kappa shape index (κ1) is 38.4. The third-order valence-corrected chi connectivity index (χ3v) is 9.04. The van der Waals surface area contributed by atoms with Crippen LogP contribution in [0.2, 0.25) is 0 Å². The Morgan fingerprint density at radius 3 is 2.13 bits per heavy atom. The summed E-state index contributed by atoms with van der Waals surface area (Å²) in [6.07, 6.45) is 10.1. The van der Waals surface area contributed by atoms with Crippen molar-refractivity contribution in [3.63, 3.8) is 0 Å². The number of carbonyl (C=O) groups excluding carboxylic acids is 4. The lowest BCUT2D eigenvalue weighted by molar-refractivity contribution is -0.135. The molecule has 2 rings (SSSR count). The molecule has 0 aromatic heterocycles. The molecule has 1 saturated carbocycles. The molecule has 1 aromatic rings. The predicted molar refractivity (Wildman–Crippen MR) is 179 cm³/mol. The number of aliphatic hydroxyl groups is 1. The summed E-state index contributed by atoms with van der Waals surface area (Å²) >= 11 is 0. The molecular formula is C36H60N4O5. The zero-order valence-electron chi connectivity index (χ0n) is 28.4. The molecule has 0 aliphatic heterocycles. The van der Waals surface area contributed by atoms with E-state index >= 15 is 0 Å². The lowest BCUT2D eigenvalue weighted by atomic mass is 9.80. The van der Waals surface area contributed by atoms with E-state index in [1.165, 1.54) is 13.3 Å². The van der Waals surface area contributed by atoms with E-state index < -0.39 is 36.0 Å². The monoisotopic (exact) mass is 628 g/mol. The second-order valence-electron chi connectivity index (χ2n) is 13.3. The smallest absolute Gasteiger partial charge is 0.249 e. The number of nitrogens with one attached hydrogen (secondary N) is 4. The molecule has 1 aromatic carbocycles. The molecular weight excluding hydrogens is 568 g/mol. The van der Waals surface area contributed by atoms with Gasteiger partial charge in [0.15, 0.2) is 0 Å². The highest BCUT2D eigenvalue weighted by Crippen LogP contribution is 2.30. The molecule has 4 amide bonds. The fourth-order valence-corrected chi connectivity index (χ4v) is 6.30. The third-order valence-electron chi connectivity index (χ3n) is 9.04. The van der Waals surface area contributed by atoms with Gasteiger partial charge in [-0.15, -0.1) is 0 Å². The van der Waals surface area contributed by atoms with Crippen LogP contribution in [0, 0.1) is 17.8 Å². The first-order chi connectivity index (χ1) is 21.5. The molecule has 1 unspecified atom stereocenters. The molecule has 0 bridgehead atoms. The first-order valence-electron chi connectivity index (χ1n) is 17.4. The molecule has 5 N–H and O–H groups in total. The minimum absolute atomic E-state index is 0.0396. The third kappa shape index (κ3) is 14.5. The number of amides is 4. The van der Waals surface area contributed by atoms with Crippen LogP contribution in [-0.4, -0.2) is 59.5 Å². The van der Waals surface area contributed by atoms with Crippen LogP contribution < -0.4 is 21.3 Å². The highest BCUT2D eigenvalue weighted by atomic mass is 16.3. The zero-order valence-corrected chi connectivity index (χ0v) is 28.4. The molecule has 0 saturated heterocycles. The van der Waals surface area contributed by atoms with Crippen molar-refractivity contribution in [2.24, 2.45) is 17.8 Å². The summed E-state index contributed by atoms with van der Waals surface area (Å²) in [6.45, 7) is 10.1. The lowest BCUT2D eigenvalue weighted by Crippen LogP contribution is -2.57. The molecule has 1 fully saturated rings. The van der Waals surface area contributed by atoms with Crippen molar-refractivity contribution in [2.75, 3.05) is 6.54 Å². The van der Waals surface area contributed by atoms with Crippen LogP contribution in [0.5, 0.6) is 0 Å². The van der Waals surface area contributed by atoms with Crippen molar-refractivity contribution in [1.82, 2.24) is 21.3 Å². The first-order valence-corrected chi connectivity index (χ1v) is 17.4. The molecule has 9 heteroatoms. The molecule has 1 aliphatic rings. The van der Waals surface area contributed by atoms with E-state index in [2.05, 4.69) is 28.2 Å². The maximum atomic E-state index is 13.7. The van der Waals surface area contributed by atoms with Crippen LogP contribution in [0.1, 0.15) is 117 Å². The molecule has 0 spiro atoms. The molecule has 1 aliphatic carbocycles. The van der Waals surface area contributed by atoms with Crippen molar-refractivity contribution in [3.8, 4) is 0 Å². The summed E-state index contributed by atoms with van der Waals surface area (Å²) in [5.41, 5.74) is 0.869. The lowest BCUT2D eigenvalue weighted by Gasteiger charge is -2.34. The second-order valence-corrected chi connectivity index (χ2v) is 13.3. The number of hydrogen-bond acceptors (Lipinski definition) is 6. The van der Waals surface area contributed by atoms with Crippen LogP contribution in [-0.2, 0) is 25.6 Å². The Labute approximate surface area is 271 Å². The molecule has 9 nitrogen and oxygen atoms in total. The highest BCUT2D eigenvalue weighted by Gasteiger charge is 2.34. The van der Waals surface area contributed by atoms with Crippen LogP contribution >= 0.6 is 0 Å². The van der Waals surface area contributed by atoms with Crippen LogP contribution in [0.3, 0.4) is 0 Å². The maximum absolute atomic E-state index is 13.7. The summed E-state index contributed by atoms with van der Waals surface area (Å²) < 4.78 is 0. The van der Waals surface area contributed by atoms with Gasteiger partial charge in [-0.2, -0.15) is 0 Å². The van der Waals surface area contributed by atoms with Crippen molar-refractivity contribution >= 4 is 23.6 Å². The molecule has 0 radical (unpaired) electrons. The fraction of sp³-hybridized carbons (Fsp3) is 0.722. The number of benzene rings is 1. The van der Waals surface area contributed by atoms with E-state index in [0.29, 0.717) is 31.7 Å². The Balaban J connectivity index is 2.24. The number of aliphatic hydroxyl groups excluding tert-OH is 1. The van der Waals surface area contributed by atoms with Crippen molar-refractivity contribution in [3.05, 3.63) is 35.9 Å². The summed E-state index contributed by atoms with van der Waals surface area (Å²) in [6, 6.07) is 7.35. The Morgan fingerprint density at radius 1 is 0.889 bits per heavy atom. The van der Waals surface area contributed by atoms with Gasteiger partial charge in [-0.25, -0.2) is 0 Å². The summed E-state index contributed by atoms with van der Waals surface area (Å²) in [5.74, 6) is -1.30. The maximum Gasteiger partial charge on any atom is 0.249 e. The van der Waals surface area contributed by atoms with Gasteiger partial charge in [-0.05, 0) is 43.1 Å². The normalized spacial score (nSPS) is 17.1. The van der Waals surface area contributed by atoms with E-state index in [0.717, 1.165) is 56.9 Å². The van der Waals surface area contributed by atoms with Crippen LogP contribution in [0.15, 0.2) is 30.3 Å². The Hall–Kier alpha value is -2.78. The van der Waals surface area contributed by atoms with E-state index in [-0.39, 0.29) is 30.1 Å². The standard InChI is InChI=1S/C36H60N4O5/c1-6-8-20-30(35(44)40-36(45)32(38-26(5)41)23-28-18-14-11-15-19-28)39-31(22-27-16-12-10-13-17-27)33(42)24-29(25(3)4)34(43)37-21-9-7-2/h11,14-15,18-19,25,27,29-33,39,42H,6-10,12-13,16-17,20-24H2,1-5H3,(H,37,43)(H,38,41)(H,40,44,45)/t29-,30+,31+,32+,33?/m1/s1. The SMILES string of the molecule is CCCCNC(=O)[C@H](CC(O)[C@H](CC1CCCCC1)N[C@@H](CCCC)C(=O)NC(=O)[C@H](Cc1ccccc1)NC(C)=O)C(C)C. The summed E-state index contributed by atoms with van der Waals surface area (Å²) in [4.78, 5) is 52.1. The number of imide groups is 1. The highest BCUT2D eigenvalue weighted by molar-refractivity contribution is 6.01. The number of hydrogen-bond donors (Lipinski definition) is 5. The largest absolute Gasteiger partial charge is 0.391 e. The summed E-state index contributed by atoms with van der Waals surface area (Å²) in [5, 5.41) is 23.4. The minimum Gasteiger partial charge on any atom is -0.391 e. The Kier molecular flexibility index (Phi) is 18.0. The van der Waals surface area contributed by atoms with Gasteiger partial charge in [0, 0.05) is 31.8 Å². The molecule has 45 heavy (non-hydrogen) atoms. The Morgan fingerprint density at radius 2 is 1.53 bits per heavy atom. The van der Waals surface area contributed by atoms with Crippen LogP contribution in [0.4, 0.5) is 0 Å². The number of unbranched alkanes of at least 4 members (excludes halogenated alkanes) is 2. The van der Waals surface area contributed by atoms with Gasteiger partial charge in [0.25, 0.3) is 0 Å². The van der Waals surface area contributed by atoms with E-state index in [1.807, 2.05) is 51.1 Å². The van der Waals surface area contributed by atoms with E-state index in [1.54, 1.807) is 0 Å². The fourth-order valence-electron chi connectivity index (χ4n) is 6.30. The van der Waals surface area contributed by atoms with E-state index in [4.69, 9.17) is 0 Å². The van der Waals surface area contributed by atoms with Gasteiger partial charge >= 0.3 is 0 Å². The topological polar surface area (TPSA) is 137 Å². The van der Waals surface area contributed by atoms with E-state index in [9.17, 15) is 24.3 Å². The zero-order chi connectivity index (χ0) is 33.2. The van der Waals surface area contributed by atoms with Gasteiger partial charge in [0.2, 0.25) is 23.6 Å². The predicted octanol–water partition coefficient (Wildman–Crippen LogP) is 4.80. The second kappa shape index (κ2) is 21.1. The molecule has 5 atom stereocenters. The summed E-state index contributed by atoms with van der Waals surface area (Å²) in [7, 11) is 0. The van der Waals surface area contributed by atoms with Crippen molar-refractivity contribution in [2.45, 2.75) is 142 Å². The minimum atomic E-state index is -0.901.